The van der Waals surface area contributed by atoms with Crippen molar-refractivity contribution in [3.8, 4) is 0 Å². The fraction of sp³-hybridized carbons (Fsp3) is 0.200. The molecule has 3 atom stereocenters. The van der Waals surface area contributed by atoms with Crippen LogP contribution in [0.3, 0.4) is 0 Å². The Kier molecular flexibility index (Phi) is 8.07. The van der Waals surface area contributed by atoms with Crippen LogP contribution in [0, 0.1) is 0 Å². The summed E-state index contributed by atoms with van der Waals surface area (Å²) in [6.07, 6.45) is 0. The van der Waals surface area contributed by atoms with Crippen LogP contribution in [0.2, 0.25) is 0 Å². The van der Waals surface area contributed by atoms with Crippen LogP contribution in [0.15, 0.2) is 121 Å². The van der Waals surface area contributed by atoms with E-state index in [4.69, 9.17) is 5.73 Å². The minimum atomic E-state index is -0.698. The first-order chi connectivity index (χ1) is 16.2. The number of nitrogens with two attached hydrogens (primary N) is 1. The average Bonchev–Trinajstić information content (AvgIpc) is 2.90. The molecular weight excluding hydrogens is 419 g/mol. The Morgan fingerprint density at radius 3 is 1.24 bits per heavy atom. The Balaban J connectivity index is 1.85. The molecule has 2 nitrogen and oxygen atoms in total. The summed E-state index contributed by atoms with van der Waals surface area (Å²) in [6, 6.07) is 43.9. The maximum atomic E-state index is 6.66. The molecule has 0 saturated heterocycles. The van der Waals surface area contributed by atoms with Gasteiger partial charge in [0.2, 0.25) is 0 Å². The third-order valence-corrected chi connectivity index (χ3v) is 9.16. The first-order valence-electron chi connectivity index (χ1n) is 11.7. The van der Waals surface area contributed by atoms with Gasteiger partial charge in [-0.2, -0.15) is 0 Å². The van der Waals surface area contributed by atoms with Gasteiger partial charge in [0, 0.05) is 18.6 Å². The van der Waals surface area contributed by atoms with Crippen LogP contribution in [0.1, 0.15) is 37.1 Å². The summed E-state index contributed by atoms with van der Waals surface area (Å²) in [7, 11) is -0.698. The SMILES string of the molecule is CC(c1ccccc1)N(C(C)c1ccccc1)C(CN)P(c1ccccc1)c1ccccc1. The molecule has 3 heteroatoms. The van der Waals surface area contributed by atoms with Gasteiger partial charge < -0.3 is 5.73 Å². The molecule has 0 aliphatic carbocycles. The van der Waals surface area contributed by atoms with Crippen molar-refractivity contribution in [1.82, 2.24) is 4.90 Å². The lowest BCUT2D eigenvalue weighted by Gasteiger charge is -2.44. The third kappa shape index (κ3) is 5.42. The minimum absolute atomic E-state index is 0.176. The van der Waals surface area contributed by atoms with Gasteiger partial charge in [-0.05, 0) is 43.5 Å². The van der Waals surface area contributed by atoms with Gasteiger partial charge >= 0.3 is 0 Å². The van der Waals surface area contributed by atoms with Gasteiger partial charge in [0.25, 0.3) is 0 Å². The minimum Gasteiger partial charge on any atom is -0.329 e. The first kappa shape index (κ1) is 23.4. The Bertz CT molecular complexity index is 1000. The topological polar surface area (TPSA) is 29.3 Å². The predicted molar refractivity (Wildman–Crippen MR) is 143 cm³/mol. The van der Waals surface area contributed by atoms with Crippen LogP contribution < -0.4 is 16.3 Å². The smallest absolute Gasteiger partial charge is 0.0512 e. The van der Waals surface area contributed by atoms with Crippen LogP contribution in [0.5, 0.6) is 0 Å². The van der Waals surface area contributed by atoms with Crippen molar-refractivity contribution in [2.75, 3.05) is 6.54 Å². The molecule has 0 fully saturated rings. The summed E-state index contributed by atoms with van der Waals surface area (Å²) in [5, 5.41) is 2.72. The van der Waals surface area contributed by atoms with E-state index < -0.39 is 7.92 Å². The second-order valence-corrected chi connectivity index (χ2v) is 10.7. The van der Waals surface area contributed by atoms with Gasteiger partial charge in [-0.15, -0.1) is 0 Å². The van der Waals surface area contributed by atoms with Gasteiger partial charge in [-0.3, -0.25) is 4.90 Å². The Morgan fingerprint density at radius 2 is 0.909 bits per heavy atom. The van der Waals surface area contributed by atoms with E-state index in [1.54, 1.807) is 0 Å². The highest BCUT2D eigenvalue weighted by molar-refractivity contribution is 7.73. The number of benzene rings is 4. The van der Waals surface area contributed by atoms with E-state index >= 15 is 0 Å². The van der Waals surface area contributed by atoms with E-state index in [9.17, 15) is 0 Å². The molecule has 0 aliphatic heterocycles. The largest absolute Gasteiger partial charge is 0.329 e. The van der Waals surface area contributed by atoms with E-state index in [0.717, 1.165) is 0 Å². The highest BCUT2D eigenvalue weighted by Gasteiger charge is 2.35. The van der Waals surface area contributed by atoms with Crippen molar-refractivity contribution in [2.45, 2.75) is 31.7 Å². The zero-order valence-corrected chi connectivity index (χ0v) is 20.4. The van der Waals surface area contributed by atoms with Gasteiger partial charge in [0.15, 0.2) is 0 Å². The summed E-state index contributed by atoms with van der Waals surface area (Å²) >= 11 is 0. The Morgan fingerprint density at radius 1 is 0.576 bits per heavy atom. The van der Waals surface area contributed by atoms with E-state index in [1.807, 2.05) is 0 Å². The lowest BCUT2D eigenvalue weighted by Crippen LogP contribution is -2.45. The van der Waals surface area contributed by atoms with Crippen LogP contribution >= 0.6 is 7.92 Å². The highest BCUT2D eigenvalue weighted by atomic mass is 31.1. The molecule has 0 heterocycles. The highest BCUT2D eigenvalue weighted by Crippen LogP contribution is 2.46. The molecule has 0 aliphatic rings. The molecule has 0 bridgehead atoms. The molecular formula is C30H33N2P. The first-order valence-corrected chi connectivity index (χ1v) is 13.1. The number of hydrogen-bond donors (Lipinski definition) is 1. The standard InChI is InChI=1S/C30H33N2P/c1-24(26-15-7-3-8-16-26)32(25(2)27-17-9-4-10-18-27)30(23-31)33(28-19-11-5-12-20-28)29-21-13-6-14-22-29/h3-22,24-25,30H,23,31H2,1-2H3. The van der Waals surface area contributed by atoms with Crippen molar-refractivity contribution in [3.63, 3.8) is 0 Å². The number of nitrogens with zero attached hydrogens (tertiary/aromatic N) is 1. The molecule has 3 unspecified atom stereocenters. The van der Waals surface area contributed by atoms with E-state index in [0.29, 0.717) is 6.54 Å². The summed E-state index contributed by atoms with van der Waals surface area (Å²) in [5.74, 6) is 0.176. The zero-order valence-electron chi connectivity index (χ0n) is 19.5. The van der Waals surface area contributed by atoms with Gasteiger partial charge in [0.1, 0.15) is 0 Å². The molecule has 33 heavy (non-hydrogen) atoms. The molecule has 0 amide bonds. The quantitative estimate of drug-likeness (QED) is 0.305. The summed E-state index contributed by atoms with van der Waals surface area (Å²) < 4.78 is 0. The normalized spacial score (nSPS) is 14.2. The molecule has 0 saturated carbocycles. The van der Waals surface area contributed by atoms with Gasteiger partial charge in [-0.1, -0.05) is 121 Å². The molecule has 4 rings (SSSR count). The van der Waals surface area contributed by atoms with Crippen molar-refractivity contribution < 1.29 is 0 Å². The fourth-order valence-corrected chi connectivity index (χ4v) is 7.54. The van der Waals surface area contributed by atoms with Crippen LogP contribution in [-0.4, -0.2) is 17.2 Å². The molecule has 0 aromatic heterocycles. The van der Waals surface area contributed by atoms with E-state index in [1.165, 1.54) is 21.7 Å². The fourth-order valence-electron chi connectivity index (χ4n) is 4.69. The van der Waals surface area contributed by atoms with Gasteiger partial charge in [0.05, 0.1) is 5.78 Å². The van der Waals surface area contributed by atoms with Crippen molar-refractivity contribution in [2.24, 2.45) is 5.73 Å². The van der Waals surface area contributed by atoms with Crippen LogP contribution in [0.25, 0.3) is 0 Å². The van der Waals surface area contributed by atoms with Gasteiger partial charge in [-0.25, -0.2) is 0 Å². The molecule has 4 aromatic rings. The number of rotatable bonds is 9. The lowest BCUT2D eigenvalue weighted by atomic mass is 10.0. The Hall–Kier alpha value is -2.77. The maximum Gasteiger partial charge on any atom is 0.0512 e. The molecule has 4 aromatic carbocycles. The summed E-state index contributed by atoms with van der Waals surface area (Å²) in [4.78, 5) is 2.65. The number of hydrogen-bond acceptors (Lipinski definition) is 2. The van der Waals surface area contributed by atoms with Crippen molar-refractivity contribution in [1.29, 1.82) is 0 Å². The van der Waals surface area contributed by atoms with E-state index in [-0.39, 0.29) is 17.9 Å². The maximum absolute atomic E-state index is 6.66. The predicted octanol–water partition coefficient (Wildman–Crippen LogP) is 6.23. The third-order valence-electron chi connectivity index (χ3n) is 6.38. The monoisotopic (exact) mass is 452 g/mol. The lowest BCUT2D eigenvalue weighted by molar-refractivity contribution is 0.140. The molecule has 2 N–H and O–H groups in total. The summed E-state index contributed by atoms with van der Waals surface area (Å²) in [6.45, 7) is 5.23. The summed E-state index contributed by atoms with van der Waals surface area (Å²) in [5.41, 5.74) is 9.28. The van der Waals surface area contributed by atoms with E-state index in [2.05, 4.69) is 140 Å². The second-order valence-electron chi connectivity index (χ2n) is 8.38. The average molecular weight is 453 g/mol. The molecule has 0 spiro atoms. The van der Waals surface area contributed by atoms with Crippen molar-refractivity contribution in [3.05, 3.63) is 132 Å². The Labute approximate surface area is 199 Å². The van der Waals surface area contributed by atoms with Crippen LogP contribution in [0.4, 0.5) is 0 Å². The second kappa shape index (κ2) is 11.4. The van der Waals surface area contributed by atoms with Crippen LogP contribution in [-0.2, 0) is 0 Å². The molecule has 0 radical (unpaired) electrons. The zero-order chi connectivity index (χ0) is 23.0. The molecule has 168 valence electrons. The van der Waals surface area contributed by atoms with Crippen molar-refractivity contribution >= 4 is 18.5 Å².